The van der Waals surface area contributed by atoms with Crippen LogP contribution in [0.4, 0.5) is 9.93 Å². The maximum Gasteiger partial charge on any atom is 0.321 e. The van der Waals surface area contributed by atoms with E-state index in [2.05, 4.69) is 34.7 Å². The van der Waals surface area contributed by atoms with Crippen LogP contribution in [0, 0.1) is 12.8 Å². The van der Waals surface area contributed by atoms with Gasteiger partial charge in [0.1, 0.15) is 0 Å². The van der Waals surface area contributed by atoms with Crippen LogP contribution in [0.5, 0.6) is 0 Å². The van der Waals surface area contributed by atoms with Crippen LogP contribution in [-0.2, 0) is 0 Å². The molecule has 24 heavy (non-hydrogen) atoms. The molecule has 0 spiro atoms. The Morgan fingerprint density at radius 2 is 2.04 bits per heavy atom. The normalized spacial score (nSPS) is 20.6. The molecule has 1 aromatic heterocycles. The summed E-state index contributed by atoms with van der Waals surface area (Å²) in [6.07, 6.45) is 5.58. The third-order valence-electron chi connectivity index (χ3n) is 4.58. The number of carbonyl (C=O) groups is 1. The fourth-order valence-corrected chi connectivity index (χ4v) is 4.02. The van der Waals surface area contributed by atoms with Gasteiger partial charge in [0.15, 0.2) is 5.13 Å². The van der Waals surface area contributed by atoms with E-state index in [4.69, 9.17) is 5.11 Å². The van der Waals surface area contributed by atoms with Crippen molar-refractivity contribution in [3.05, 3.63) is 36.0 Å². The molecule has 0 unspecified atom stereocenters. The Morgan fingerprint density at radius 3 is 2.75 bits per heavy atom. The first-order valence-electron chi connectivity index (χ1n) is 8.36. The molecule has 1 aliphatic rings. The smallest absolute Gasteiger partial charge is 0.321 e. The Balaban J connectivity index is 1.55. The number of carbonyl (C=O) groups excluding carboxylic acids is 1. The molecular formula is C18H23N3O2S. The highest BCUT2D eigenvalue weighted by molar-refractivity contribution is 7.19. The first-order valence-corrected chi connectivity index (χ1v) is 9.17. The lowest BCUT2D eigenvalue weighted by Crippen LogP contribution is -2.40. The molecule has 5 nitrogen and oxygen atoms in total. The number of hydrogen-bond donors (Lipinski definition) is 3. The fourth-order valence-electron chi connectivity index (χ4n) is 3.11. The number of aliphatic hydroxyl groups is 1. The number of aromatic nitrogens is 1. The van der Waals surface area contributed by atoms with E-state index in [0.29, 0.717) is 11.0 Å². The number of rotatable bonds is 4. The molecule has 0 atom stereocenters. The van der Waals surface area contributed by atoms with Crippen molar-refractivity contribution in [1.82, 2.24) is 10.3 Å². The molecule has 1 fully saturated rings. The van der Waals surface area contributed by atoms with E-state index in [-0.39, 0.29) is 18.7 Å². The van der Waals surface area contributed by atoms with Gasteiger partial charge in [-0.2, -0.15) is 0 Å². The van der Waals surface area contributed by atoms with E-state index in [9.17, 15) is 4.79 Å². The van der Waals surface area contributed by atoms with Crippen molar-refractivity contribution in [2.75, 3.05) is 11.9 Å². The minimum Gasteiger partial charge on any atom is -0.396 e. The molecule has 0 saturated heterocycles. The summed E-state index contributed by atoms with van der Waals surface area (Å²) < 4.78 is 0. The van der Waals surface area contributed by atoms with Crippen LogP contribution >= 0.6 is 11.3 Å². The van der Waals surface area contributed by atoms with Crippen molar-refractivity contribution < 1.29 is 9.90 Å². The van der Waals surface area contributed by atoms with Gasteiger partial charge in [0.25, 0.3) is 0 Å². The molecule has 3 N–H and O–H groups in total. The molecular weight excluding hydrogens is 322 g/mol. The second-order valence-electron chi connectivity index (χ2n) is 6.34. The fraction of sp³-hybridized carbons (Fsp3) is 0.444. The monoisotopic (exact) mass is 345 g/mol. The van der Waals surface area contributed by atoms with E-state index in [1.165, 1.54) is 16.9 Å². The first kappa shape index (κ1) is 16.9. The number of benzene rings is 1. The molecule has 0 radical (unpaired) electrons. The van der Waals surface area contributed by atoms with Gasteiger partial charge in [0.2, 0.25) is 0 Å². The van der Waals surface area contributed by atoms with Crippen molar-refractivity contribution in [3.8, 4) is 10.4 Å². The summed E-state index contributed by atoms with van der Waals surface area (Å²) in [5.41, 5.74) is 2.34. The first-order chi connectivity index (χ1) is 11.7. The number of nitrogens with zero attached hydrogens (tertiary/aromatic N) is 1. The molecule has 6 heteroatoms. The standard InChI is InChI=1S/C18H23N3O2S/c1-12-4-2-3-5-15(12)16-10-19-18(24-16)21-17(23)20-14-8-6-13(11-22)7-9-14/h2-5,10,13-14,22H,6-9,11H2,1H3,(H2,19,20,21,23). The maximum absolute atomic E-state index is 12.1. The quantitative estimate of drug-likeness (QED) is 0.789. The molecule has 2 amide bonds. The van der Waals surface area contributed by atoms with Crippen molar-refractivity contribution >= 4 is 22.5 Å². The predicted molar refractivity (Wildman–Crippen MR) is 97.3 cm³/mol. The molecule has 128 valence electrons. The molecule has 3 rings (SSSR count). The van der Waals surface area contributed by atoms with Gasteiger partial charge < -0.3 is 10.4 Å². The minimum atomic E-state index is -0.201. The number of amides is 2. The summed E-state index contributed by atoms with van der Waals surface area (Å²) in [6, 6.07) is 8.13. The van der Waals surface area contributed by atoms with E-state index < -0.39 is 0 Å². The van der Waals surface area contributed by atoms with Gasteiger partial charge in [-0.1, -0.05) is 35.6 Å². The SMILES string of the molecule is Cc1ccccc1-c1cnc(NC(=O)NC2CCC(CO)CC2)s1. The van der Waals surface area contributed by atoms with Crippen LogP contribution in [0.15, 0.2) is 30.5 Å². The second kappa shape index (κ2) is 7.77. The topological polar surface area (TPSA) is 74.2 Å². The van der Waals surface area contributed by atoms with Crippen LogP contribution in [0.1, 0.15) is 31.2 Å². The lowest BCUT2D eigenvalue weighted by molar-refractivity contribution is 0.176. The summed E-state index contributed by atoms with van der Waals surface area (Å²) in [4.78, 5) is 17.5. The summed E-state index contributed by atoms with van der Waals surface area (Å²) >= 11 is 1.48. The summed E-state index contributed by atoms with van der Waals surface area (Å²) in [5.74, 6) is 0.391. The van der Waals surface area contributed by atoms with Gasteiger partial charge in [-0.05, 0) is 49.7 Å². The van der Waals surface area contributed by atoms with Crippen LogP contribution < -0.4 is 10.6 Å². The Kier molecular flexibility index (Phi) is 5.48. The Hall–Kier alpha value is -1.92. The third kappa shape index (κ3) is 4.13. The number of thiazole rings is 1. The Morgan fingerprint density at radius 1 is 1.29 bits per heavy atom. The molecule has 1 aliphatic carbocycles. The highest BCUT2D eigenvalue weighted by atomic mass is 32.1. The number of anilines is 1. The highest BCUT2D eigenvalue weighted by Crippen LogP contribution is 2.31. The minimum absolute atomic E-state index is 0.184. The zero-order valence-corrected chi connectivity index (χ0v) is 14.6. The lowest BCUT2D eigenvalue weighted by atomic mass is 9.87. The van der Waals surface area contributed by atoms with Crippen molar-refractivity contribution in [1.29, 1.82) is 0 Å². The summed E-state index contributed by atoms with van der Waals surface area (Å²) in [7, 11) is 0. The van der Waals surface area contributed by atoms with Gasteiger partial charge in [-0.15, -0.1) is 0 Å². The Labute approximate surface area is 146 Å². The largest absolute Gasteiger partial charge is 0.396 e. The maximum atomic E-state index is 12.1. The molecule has 0 aliphatic heterocycles. The van der Waals surface area contributed by atoms with Gasteiger partial charge in [0.05, 0.1) is 4.88 Å². The van der Waals surface area contributed by atoms with E-state index in [0.717, 1.165) is 36.1 Å². The van der Waals surface area contributed by atoms with Gasteiger partial charge in [-0.25, -0.2) is 9.78 Å². The molecule has 1 aromatic carbocycles. The third-order valence-corrected chi connectivity index (χ3v) is 5.52. The van der Waals surface area contributed by atoms with Gasteiger partial charge in [-0.3, -0.25) is 5.32 Å². The molecule has 1 saturated carbocycles. The molecule has 0 bridgehead atoms. The number of nitrogens with one attached hydrogen (secondary N) is 2. The summed E-state index contributed by atoms with van der Waals surface area (Å²) in [6.45, 7) is 2.32. The van der Waals surface area contributed by atoms with E-state index in [1.807, 2.05) is 12.1 Å². The number of urea groups is 1. The number of aryl methyl sites for hydroxylation is 1. The number of aliphatic hydroxyl groups excluding tert-OH is 1. The van der Waals surface area contributed by atoms with Gasteiger partial charge in [0, 0.05) is 18.8 Å². The average molecular weight is 345 g/mol. The van der Waals surface area contributed by atoms with E-state index in [1.54, 1.807) is 6.20 Å². The van der Waals surface area contributed by atoms with Crippen molar-refractivity contribution in [2.24, 2.45) is 5.92 Å². The predicted octanol–water partition coefficient (Wildman–Crippen LogP) is 3.79. The Bertz CT molecular complexity index is 693. The zero-order valence-electron chi connectivity index (χ0n) is 13.8. The summed E-state index contributed by atoms with van der Waals surface area (Å²) in [5, 5.41) is 15.6. The van der Waals surface area contributed by atoms with Crippen LogP contribution in [-0.4, -0.2) is 28.8 Å². The van der Waals surface area contributed by atoms with Crippen LogP contribution in [0.25, 0.3) is 10.4 Å². The lowest BCUT2D eigenvalue weighted by Gasteiger charge is -2.27. The highest BCUT2D eigenvalue weighted by Gasteiger charge is 2.22. The zero-order chi connectivity index (χ0) is 16.9. The van der Waals surface area contributed by atoms with Gasteiger partial charge >= 0.3 is 6.03 Å². The van der Waals surface area contributed by atoms with Crippen molar-refractivity contribution in [2.45, 2.75) is 38.6 Å². The van der Waals surface area contributed by atoms with E-state index >= 15 is 0 Å². The van der Waals surface area contributed by atoms with Crippen molar-refractivity contribution in [3.63, 3.8) is 0 Å². The number of hydrogen-bond acceptors (Lipinski definition) is 4. The second-order valence-corrected chi connectivity index (χ2v) is 7.37. The molecule has 2 aromatic rings. The average Bonchev–Trinajstić information content (AvgIpc) is 3.04. The van der Waals surface area contributed by atoms with Crippen LogP contribution in [0.2, 0.25) is 0 Å². The molecule has 1 heterocycles. The van der Waals surface area contributed by atoms with Crippen LogP contribution in [0.3, 0.4) is 0 Å².